The molecule has 0 aliphatic carbocycles. The van der Waals surface area contributed by atoms with Gasteiger partial charge < -0.3 is 16.2 Å². The van der Waals surface area contributed by atoms with Crippen molar-refractivity contribution in [3.8, 4) is 0 Å². The molecular weight excluding hydrogens is 322 g/mol. The maximum absolute atomic E-state index is 13.3. The predicted octanol–water partition coefficient (Wildman–Crippen LogP) is 2.59. The fourth-order valence-corrected chi connectivity index (χ4v) is 1.93. The second-order valence-electron chi connectivity index (χ2n) is 3.62. The van der Waals surface area contributed by atoms with Crippen molar-refractivity contribution in [3.05, 3.63) is 21.5 Å². The van der Waals surface area contributed by atoms with Crippen LogP contribution in [0.2, 0.25) is 0 Å². The van der Waals surface area contributed by atoms with E-state index < -0.39 is 0 Å². The summed E-state index contributed by atoms with van der Waals surface area (Å²) >= 11 is 1.90. The van der Waals surface area contributed by atoms with E-state index in [1.165, 1.54) is 6.07 Å². The molecule has 0 aliphatic rings. The first-order valence-electron chi connectivity index (χ1n) is 5.20. The highest BCUT2D eigenvalue weighted by Crippen LogP contribution is 2.25. The Morgan fingerprint density at radius 1 is 1.56 bits per heavy atom. The van der Waals surface area contributed by atoms with Gasteiger partial charge in [0.15, 0.2) is 0 Å². The van der Waals surface area contributed by atoms with Crippen LogP contribution < -0.4 is 11.1 Å². The lowest BCUT2D eigenvalue weighted by atomic mass is 10.1. The van der Waals surface area contributed by atoms with Gasteiger partial charge in [0.05, 0.1) is 14.9 Å². The Labute approximate surface area is 108 Å². The van der Waals surface area contributed by atoms with Crippen molar-refractivity contribution in [2.45, 2.75) is 25.8 Å². The van der Waals surface area contributed by atoms with Crippen LogP contribution >= 0.6 is 22.6 Å². The van der Waals surface area contributed by atoms with Gasteiger partial charge in [0.2, 0.25) is 0 Å². The lowest BCUT2D eigenvalue weighted by molar-refractivity contribution is 0.278. The monoisotopic (exact) mass is 338 g/mol. The summed E-state index contributed by atoms with van der Waals surface area (Å²) in [5, 5.41) is 12.0. The zero-order valence-corrected chi connectivity index (χ0v) is 11.3. The van der Waals surface area contributed by atoms with Crippen LogP contribution in [0.5, 0.6) is 0 Å². The van der Waals surface area contributed by atoms with Crippen molar-refractivity contribution >= 4 is 34.0 Å². The van der Waals surface area contributed by atoms with E-state index in [0.29, 0.717) is 21.4 Å². The van der Waals surface area contributed by atoms with Crippen LogP contribution in [0, 0.1) is 9.39 Å². The number of nitrogens with two attached hydrogens (primary N) is 1. The van der Waals surface area contributed by atoms with Gasteiger partial charge in [-0.15, -0.1) is 0 Å². The number of nitrogens with one attached hydrogen (secondary N) is 1. The van der Waals surface area contributed by atoms with Crippen LogP contribution in [0.3, 0.4) is 0 Å². The summed E-state index contributed by atoms with van der Waals surface area (Å²) in [7, 11) is 0. The third-order valence-electron chi connectivity index (χ3n) is 2.42. The van der Waals surface area contributed by atoms with Gasteiger partial charge in [-0.05, 0) is 41.5 Å². The molecular formula is C11H16FIN2O. The minimum Gasteiger partial charge on any atom is -0.397 e. The molecule has 0 amide bonds. The summed E-state index contributed by atoms with van der Waals surface area (Å²) < 4.78 is 13.9. The Hall–Kier alpha value is -0.560. The first-order chi connectivity index (χ1) is 7.58. The first-order valence-corrected chi connectivity index (χ1v) is 6.28. The van der Waals surface area contributed by atoms with E-state index in [0.717, 1.165) is 6.42 Å². The third kappa shape index (κ3) is 3.48. The van der Waals surface area contributed by atoms with Gasteiger partial charge in [0.1, 0.15) is 5.82 Å². The largest absolute Gasteiger partial charge is 0.397 e. The van der Waals surface area contributed by atoms with Crippen molar-refractivity contribution in [2.24, 2.45) is 0 Å². The summed E-state index contributed by atoms with van der Waals surface area (Å²) in [5.74, 6) is -0.281. The Kier molecular flexibility index (Phi) is 5.27. The summed E-state index contributed by atoms with van der Waals surface area (Å²) in [6, 6.07) is 3.12. The van der Waals surface area contributed by atoms with Crippen LogP contribution in [-0.2, 0) is 0 Å². The van der Waals surface area contributed by atoms with E-state index in [2.05, 4.69) is 5.32 Å². The van der Waals surface area contributed by atoms with Crippen LogP contribution in [0.4, 0.5) is 15.8 Å². The summed E-state index contributed by atoms with van der Waals surface area (Å²) in [6.07, 6.45) is 1.48. The molecule has 3 nitrogen and oxygen atoms in total. The van der Waals surface area contributed by atoms with Crippen molar-refractivity contribution in [1.29, 1.82) is 0 Å². The van der Waals surface area contributed by atoms with Crippen LogP contribution in [0.1, 0.15) is 19.8 Å². The molecule has 0 fully saturated rings. The Morgan fingerprint density at radius 3 is 2.81 bits per heavy atom. The van der Waals surface area contributed by atoms with Crippen molar-refractivity contribution < 1.29 is 9.50 Å². The third-order valence-corrected chi connectivity index (χ3v) is 3.25. The molecule has 0 bridgehead atoms. The van der Waals surface area contributed by atoms with Gasteiger partial charge in [-0.3, -0.25) is 0 Å². The van der Waals surface area contributed by atoms with Crippen molar-refractivity contribution in [3.63, 3.8) is 0 Å². The van der Waals surface area contributed by atoms with E-state index in [1.54, 1.807) is 6.07 Å². The average molecular weight is 338 g/mol. The normalized spacial score (nSPS) is 12.5. The molecule has 1 rings (SSSR count). The number of aliphatic hydroxyl groups excluding tert-OH is 1. The highest BCUT2D eigenvalue weighted by molar-refractivity contribution is 14.1. The Morgan fingerprint density at radius 2 is 2.25 bits per heavy atom. The highest BCUT2D eigenvalue weighted by atomic mass is 127. The van der Waals surface area contributed by atoms with Gasteiger partial charge in [-0.1, -0.05) is 6.92 Å². The molecule has 1 aromatic rings. The lowest BCUT2D eigenvalue weighted by Gasteiger charge is -2.18. The van der Waals surface area contributed by atoms with Gasteiger partial charge in [0, 0.05) is 18.7 Å². The zero-order chi connectivity index (χ0) is 12.1. The Balaban J connectivity index is 2.83. The number of hydrogen-bond donors (Lipinski definition) is 3. The zero-order valence-electron chi connectivity index (χ0n) is 9.13. The van der Waals surface area contributed by atoms with E-state index in [9.17, 15) is 4.39 Å². The highest BCUT2D eigenvalue weighted by Gasteiger charge is 2.10. The van der Waals surface area contributed by atoms with E-state index in [1.807, 2.05) is 29.5 Å². The number of nitrogen functional groups attached to an aromatic ring is 1. The molecule has 1 aromatic carbocycles. The molecule has 90 valence electrons. The summed E-state index contributed by atoms with van der Waals surface area (Å²) in [6.45, 7) is 2.12. The van der Waals surface area contributed by atoms with Gasteiger partial charge in [-0.25, -0.2) is 4.39 Å². The molecule has 1 atom stereocenters. The van der Waals surface area contributed by atoms with E-state index in [-0.39, 0.29) is 18.5 Å². The lowest BCUT2D eigenvalue weighted by Crippen LogP contribution is -2.20. The van der Waals surface area contributed by atoms with Gasteiger partial charge in [0.25, 0.3) is 0 Å². The van der Waals surface area contributed by atoms with Crippen LogP contribution in [0.25, 0.3) is 0 Å². The standard InChI is InChI=1S/C11H16FIN2O/c1-2-7(3-4-16)15-11-5-8(12)9(13)6-10(11)14/h5-7,15-16H,2-4,14H2,1H3. The molecule has 0 aromatic heterocycles. The maximum Gasteiger partial charge on any atom is 0.138 e. The molecule has 0 radical (unpaired) electrons. The van der Waals surface area contributed by atoms with E-state index >= 15 is 0 Å². The smallest absolute Gasteiger partial charge is 0.138 e. The summed E-state index contributed by atoms with van der Waals surface area (Å²) in [5.41, 5.74) is 6.92. The number of rotatable bonds is 5. The number of hydrogen-bond acceptors (Lipinski definition) is 3. The molecule has 1 unspecified atom stereocenters. The predicted molar refractivity (Wildman–Crippen MR) is 72.9 cm³/mol. The second-order valence-corrected chi connectivity index (χ2v) is 4.78. The maximum atomic E-state index is 13.3. The quantitative estimate of drug-likeness (QED) is 0.571. The van der Waals surface area contributed by atoms with E-state index in [4.69, 9.17) is 10.8 Å². The van der Waals surface area contributed by atoms with Crippen molar-refractivity contribution in [1.82, 2.24) is 0 Å². The fourth-order valence-electron chi connectivity index (χ4n) is 1.44. The molecule has 0 aliphatic heterocycles. The number of halogens is 2. The summed E-state index contributed by atoms with van der Waals surface area (Å²) in [4.78, 5) is 0. The Bertz CT molecular complexity index is 360. The molecule has 0 spiro atoms. The topological polar surface area (TPSA) is 58.3 Å². The molecule has 0 heterocycles. The number of anilines is 2. The van der Waals surface area contributed by atoms with Gasteiger partial charge >= 0.3 is 0 Å². The minimum absolute atomic E-state index is 0.109. The molecule has 4 N–H and O–H groups in total. The van der Waals surface area contributed by atoms with Crippen LogP contribution in [0.15, 0.2) is 12.1 Å². The number of aliphatic hydroxyl groups is 1. The molecule has 16 heavy (non-hydrogen) atoms. The second kappa shape index (κ2) is 6.24. The first kappa shape index (κ1) is 13.5. The fraction of sp³-hybridized carbons (Fsp3) is 0.455. The van der Waals surface area contributed by atoms with Crippen molar-refractivity contribution in [2.75, 3.05) is 17.7 Å². The van der Waals surface area contributed by atoms with Crippen LogP contribution in [-0.4, -0.2) is 17.8 Å². The SMILES string of the molecule is CCC(CCO)Nc1cc(F)c(I)cc1N. The van der Waals surface area contributed by atoms with Gasteiger partial charge in [-0.2, -0.15) is 0 Å². The molecule has 0 saturated carbocycles. The number of benzene rings is 1. The minimum atomic E-state index is -0.281. The molecule has 0 saturated heterocycles. The average Bonchev–Trinajstić information content (AvgIpc) is 2.25. The molecule has 5 heteroatoms.